The van der Waals surface area contributed by atoms with E-state index in [2.05, 4.69) is 5.32 Å². The monoisotopic (exact) mass is 334 g/mol. The number of benzene rings is 1. The van der Waals surface area contributed by atoms with Crippen LogP contribution in [-0.4, -0.2) is 35.7 Å². The number of ether oxygens (including phenoxy) is 1. The van der Waals surface area contributed by atoms with Crippen LogP contribution >= 0.6 is 0 Å². The highest BCUT2D eigenvalue weighted by atomic mass is 16.6. The lowest BCUT2D eigenvalue weighted by Crippen LogP contribution is -2.29. The predicted octanol–water partition coefficient (Wildman–Crippen LogP) is 1.98. The molecule has 1 aromatic heterocycles. The third-order valence-corrected chi connectivity index (χ3v) is 3.30. The van der Waals surface area contributed by atoms with Crippen LogP contribution in [0.3, 0.4) is 0 Å². The number of aliphatic hydroxyl groups excluding tert-OH is 1. The van der Waals surface area contributed by atoms with E-state index in [1.54, 1.807) is 0 Å². The molecule has 1 amide bonds. The maximum absolute atomic E-state index is 12.0. The maximum Gasteiger partial charge on any atom is 0.433 e. The molecule has 1 unspecified atom stereocenters. The van der Waals surface area contributed by atoms with Gasteiger partial charge in [-0.15, -0.1) is 0 Å². The second-order valence-corrected chi connectivity index (χ2v) is 5.10. The van der Waals surface area contributed by atoms with Gasteiger partial charge in [0.05, 0.1) is 25.4 Å². The first-order chi connectivity index (χ1) is 11.5. The van der Waals surface area contributed by atoms with Crippen molar-refractivity contribution in [2.24, 2.45) is 0 Å². The van der Waals surface area contributed by atoms with Crippen molar-refractivity contribution in [2.45, 2.75) is 13.0 Å². The Hall–Kier alpha value is -2.71. The smallest absolute Gasteiger partial charge is 0.395 e. The van der Waals surface area contributed by atoms with Gasteiger partial charge in [0, 0.05) is 6.54 Å². The lowest BCUT2D eigenvalue weighted by Gasteiger charge is -2.18. The van der Waals surface area contributed by atoms with Crippen molar-refractivity contribution in [2.75, 3.05) is 19.8 Å². The van der Waals surface area contributed by atoms with Gasteiger partial charge in [0.2, 0.25) is 0 Å². The Balaban J connectivity index is 2.01. The van der Waals surface area contributed by atoms with Crippen LogP contribution in [0, 0.1) is 17.0 Å². The highest BCUT2D eigenvalue weighted by Gasteiger charge is 2.19. The Morgan fingerprint density at radius 3 is 2.62 bits per heavy atom. The van der Waals surface area contributed by atoms with Crippen LogP contribution in [0.4, 0.5) is 5.88 Å². The van der Waals surface area contributed by atoms with Crippen LogP contribution in [0.5, 0.6) is 0 Å². The molecule has 0 radical (unpaired) electrons. The minimum Gasteiger partial charge on any atom is -0.395 e. The number of hydrogen-bond acceptors (Lipinski definition) is 6. The Morgan fingerprint density at radius 2 is 2.04 bits per heavy atom. The molecule has 2 N–H and O–H groups in total. The van der Waals surface area contributed by atoms with Gasteiger partial charge in [-0.25, -0.2) is 0 Å². The zero-order valence-electron chi connectivity index (χ0n) is 13.1. The SMILES string of the molecule is Cc1ccc(C(CNC(=O)c2ccc([N+](=O)[O-])o2)OCCO)cc1. The second kappa shape index (κ2) is 8.23. The van der Waals surface area contributed by atoms with E-state index in [4.69, 9.17) is 14.3 Å². The van der Waals surface area contributed by atoms with Crippen LogP contribution in [0.1, 0.15) is 27.8 Å². The topological polar surface area (TPSA) is 115 Å². The summed E-state index contributed by atoms with van der Waals surface area (Å²) in [5.74, 6) is -1.22. The van der Waals surface area contributed by atoms with Gasteiger partial charge in [-0.05, 0) is 18.6 Å². The summed E-state index contributed by atoms with van der Waals surface area (Å²) in [7, 11) is 0. The summed E-state index contributed by atoms with van der Waals surface area (Å²) in [6.45, 7) is 2.08. The van der Waals surface area contributed by atoms with Crippen molar-refractivity contribution in [3.8, 4) is 0 Å². The summed E-state index contributed by atoms with van der Waals surface area (Å²) in [4.78, 5) is 21.9. The van der Waals surface area contributed by atoms with E-state index < -0.39 is 22.8 Å². The van der Waals surface area contributed by atoms with Crippen molar-refractivity contribution in [1.29, 1.82) is 0 Å². The number of amides is 1. The van der Waals surface area contributed by atoms with Crippen molar-refractivity contribution in [1.82, 2.24) is 5.32 Å². The second-order valence-electron chi connectivity index (χ2n) is 5.10. The molecule has 0 aliphatic heterocycles. The summed E-state index contributed by atoms with van der Waals surface area (Å²) >= 11 is 0. The van der Waals surface area contributed by atoms with Crippen molar-refractivity contribution < 1.29 is 24.0 Å². The van der Waals surface area contributed by atoms with E-state index in [1.165, 1.54) is 6.07 Å². The number of hydrogen-bond donors (Lipinski definition) is 2. The van der Waals surface area contributed by atoms with Crippen molar-refractivity contribution >= 4 is 11.8 Å². The Labute approximate surface area is 138 Å². The standard InChI is InChI=1S/C16H18N2O6/c1-11-2-4-12(5-3-11)14(23-9-8-19)10-17-16(20)13-6-7-15(24-13)18(21)22/h2-7,14,19H,8-10H2,1H3,(H,17,20). The van der Waals surface area contributed by atoms with E-state index in [0.717, 1.165) is 17.2 Å². The zero-order valence-corrected chi connectivity index (χ0v) is 13.1. The van der Waals surface area contributed by atoms with Crippen LogP contribution in [0.2, 0.25) is 0 Å². The van der Waals surface area contributed by atoms with Gasteiger partial charge in [-0.1, -0.05) is 29.8 Å². The number of rotatable bonds is 8. The maximum atomic E-state index is 12.0. The lowest BCUT2D eigenvalue weighted by molar-refractivity contribution is -0.402. The molecule has 24 heavy (non-hydrogen) atoms. The van der Waals surface area contributed by atoms with E-state index in [-0.39, 0.29) is 25.5 Å². The Bertz CT molecular complexity index is 695. The van der Waals surface area contributed by atoms with Gasteiger partial charge >= 0.3 is 5.88 Å². The van der Waals surface area contributed by atoms with Gasteiger partial charge < -0.3 is 19.6 Å². The molecule has 2 aromatic rings. The fourth-order valence-electron chi connectivity index (χ4n) is 2.07. The molecule has 0 saturated heterocycles. The molecule has 1 heterocycles. The number of furan rings is 1. The lowest BCUT2D eigenvalue weighted by atomic mass is 10.1. The number of carbonyl (C=O) groups is 1. The predicted molar refractivity (Wildman–Crippen MR) is 84.7 cm³/mol. The average Bonchev–Trinajstić information content (AvgIpc) is 3.06. The first-order valence-corrected chi connectivity index (χ1v) is 7.32. The zero-order chi connectivity index (χ0) is 17.5. The van der Waals surface area contributed by atoms with Gasteiger partial charge in [0.1, 0.15) is 4.92 Å². The molecule has 2 rings (SSSR count). The van der Waals surface area contributed by atoms with Crippen LogP contribution < -0.4 is 5.32 Å². The minimum absolute atomic E-state index is 0.126. The molecule has 0 aliphatic carbocycles. The molecule has 128 valence electrons. The largest absolute Gasteiger partial charge is 0.433 e. The molecule has 0 aliphatic rings. The third-order valence-electron chi connectivity index (χ3n) is 3.30. The number of nitrogens with one attached hydrogen (secondary N) is 1. The van der Waals surface area contributed by atoms with Gasteiger partial charge in [-0.2, -0.15) is 0 Å². The fourth-order valence-corrected chi connectivity index (χ4v) is 2.07. The molecule has 8 heteroatoms. The normalized spacial score (nSPS) is 11.9. The van der Waals surface area contributed by atoms with Crippen LogP contribution in [0.15, 0.2) is 40.8 Å². The molecular formula is C16H18N2O6. The number of nitro groups is 1. The summed E-state index contributed by atoms with van der Waals surface area (Å²) in [6.07, 6.45) is -0.452. The molecular weight excluding hydrogens is 316 g/mol. The molecule has 8 nitrogen and oxygen atoms in total. The number of nitrogens with zero attached hydrogens (tertiary/aromatic N) is 1. The molecule has 0 saturated carbocycles. The van der Waals surface area contributed by atoms with Crippen molar-refractivity contribution in [3.63, 3.8) is 0 Å². The number of aryl methyl sites for hydroxylation is 1. The van der Waals surface area contributed by atoms with Gasteiger partial charge in [-0.3, -0.25) is 14.9 Å². The van der Waals surface area contributed by atoms with E-state index in [1.807, 2.05) is 31.2 Å². The van der Waals surface area contributed by atoms with Gasteiger partial charge in [0.15, 0.2) is 5.76 Å². The Kier molecular flexibility index (Phi) is 6.05. The highest BCUT2D eigenvalue weighted by molar-refractivity contribution is 5.91. The number of carbonyl (C=O) groups excluding carboxylic acids is 1. The minimum atomic E-state index is -0.712. The third kappa shape index (κ3) is 4.64. The quantitative estimate of drug-likeness (QED) is 0.563. The number of aliphatic hydroxyl groups is 1. The van der Waals surface area contributed by atoms with Crippen LogP contribution in [0.25, 0.3) is 0 Å². The summed E-state index contributed by atoms with van der Waals surface area (Å²) in [6, 6.07) is 9.95. The average molecular weight is 334 g/mol. The van der Waals surface area contributed by atoms with Crippen LogP contribution in [-0.2, 0) is 4.74 Å². The van der Waals surface area contributed by atoms with Gasteiger partial charge in [0.25, 0.3) is 5.91 Å². The summed E-state index contributed by atoms with van der Waals surface area (Å²) in [5, 5.41) is 22.1. The molecule has 0 fully saturated rings. The summed E-state index contributed by atoms with van der Waals surface area (Å²) in [5.41, 5.74) is 1.94. The summed E-state index contributed by atoms with van der Waals surface area (Å²) < 4.78 is 10.4. The first kappa shape index (κ1) is 17.6. The van der Waals surface area contributed by atoms with Crippen molar-refractivity contribution in [3.05, 3.63) is 63.4 Å². The Morgan fingerprint density at radius 1 is 1.33 bits per heavy atom. The van der Waals surface area contributed by atoms with E-state index >= 15 is 0 Å². The first-order valence-electron chi connectivity index (χ1n) is 7.32. The van der Waals surface area contributed by atoms with E-state index in [9.17, 15) is 14.9 Å². The molecule has 1 aromatic carbocycles. The molecule has 0 spiro atoms. The molecule has 0 bridgehead atoms. The molecule has 1 atom stereocenters. The fraction of sp³-hybridized carbons (Fsp3) is 0.312. The highest BCUT2D eigenvalue weighted by Crippen LogP contribution is 2.19. The van der Waals surface area contributed by atoms with E-state index in [0.29, 0.717) is 0 Å².